The first-order chi connectivity index (χ1) is 12.4. The number of amides is 1. The number of aryl methyl sites for hydroxylation is 1. The van der Waals surface area contributed by atoms with Gasteiger partial charge in [-0.15, -0.1) is 0 Å². The molecule has 0 heterocycles. The first-order valence-corrected chi connectivity index (χ1v) is 9.04. The topological polar surface area (TPSA) is 84.0 Å². The highest BCUT2D eigenvalue weighted by Crippen LogP contribution is 2.16. The number of carbonyl (C=O) groups is 1. The Bertz CT molecular complexity index is 664. The second-order valence-corrected chi connectivity index (χ2v) is 8.15. The number of alkyl carbamates (subject to hydrolysis) is 1. The fourth-order valence-corrected chi connectivity index (χ4v) is 2.38. The Labute approximate surface area is 162 Å². The predicted molar refractivity (Wildman–Crippen MR) is 109 cm³/mol. The number of carbonyl (C=O) groups excluding carboxylic acids is 1. The number of aliphatic imine (C=N–C) groups is 1. The SMILES string of the molecule is CN=C(NCc1cc(C)cc(OC)c1)NCC(C)(C)NC(=O)OC(C)(C)C. The first-order valence-electron chi connectivity index (χ1n) is 9.04. The molecule has 0 bridgehead atoms. The van der Waals surface area contributed by atoms with Gasteiger partial charge in [-0.1, -0.05) is 6.07 Å². The summed E-state index contributed by atoms with van der Waals surface area (Å²) in [6, 6.07) is 6.07. The molecule has 7 nitrogen and oxygen atoms in total. The van der Waals surface area contributed by atoms with Gasteiger partial charge in [0.15, 0.2) is 5.96 Å². The maximum absolute atomic E-state index is 12.0. The van der Waals surface area contributed by atoms with Crippen LogP contribution in [0.2, 0.25) is 0 Å². The van der Waals surface area contributed by atoms with Gasteiger partial charge in [-0.25, -0.2) is 4.79 Å². The molecule has 1 amide bonds. The number of benzene rings is 1. The van der Waals surface area contributed by atoms with Gasteiger partial charge in [0.05, 0.1) is 12.6 Å². The highest BCUT2D eigenvalue weighted by atomic mass is 16.6. The van der Waals surface area contributed by atoms with E-state index in [4.69, 9.17) is 9.47 Å². The second kappa shape index (κ2) is 9.48. The van der Waals surface area contributed by atoms with Crippen LogP contribution in [0.3, 0.4) is 0 Å². The largest absolute Gasteiger partial charge is 0.497 e. The van der Waals surface area contributed by atoms with E-state index >= 15 is 0 Å². The zero-order valence-electron chi connectivity index (χ0n) is 17.8. The van der Waals surface area contributed by atoms with Crippen LogP contribution in [0.15, 0.2) is 23.2 Å². The Kier molecular flexibility index (Phi) is 7.94. The van der Waals surface area contributed by atoms with Crippen molar-refractivity contribution in [3.8, 4) is 5.75 Å². The lowest BCUT2D eigenvalue weighted by molar-refractivity contribution is 0.0474. The molecule has 0 atom stereocenters. The summed E-state index contributed by atoms with van der Waals surface area (Å²) in [5.41, 5.74) is 1.20. The molecule has 3 N–H and O–H groups in total. The van der Waals surface area contributed by atoms with Gasteiger partial charge in [-0.2, -0.15) is 0 Å². The van der Waals surface area contributed by atoms with Gasteiger partial charge in [-0.3, -0.25) is 4.99 Å². The maximum atomic E-state index is 12.0. The lowest BCUT2D eigenvalue weighted by Crippen LogP contribution is -2.54. The molecule has 0 radical (unpaired) electrons. The van der Waals surface area contributed by atoms with Crippen LogP contribution in [0.25, 0.3) is 0 Å². The molecule has 0 aliphatic heterocycles. The summed E-state index contributed by atoms with van der Waals surface area (Å²) < 4.78 is 10.6. The number of hydrogen-bond donors (Lipinski definition) is 3. The highest BCUT2D eigenvalue weighted by Gasteiger charge is 2.24. The summed E-state index contributed by atoms with van der Waals surface area (Å²) >= 11 is 0. The molecule has 0 spiro atoms. The van der Waals surface area contributed by atoms with Crippen molar-refractivity contribution in [3.63, 3.8) is 0 Å². The minimum atomic E-state index is -0.528. The summed E-state index contributed by atoms with van der Waals surface area (Å²) in [5, 5.41) is 9.36. The summed E-state index contributed by atoms with van der Waals surface area (Å²) in [6.07, 6.45) is -0.441. The summed E-state index contributed by atoms with van der Waals surface area (Å²) in [6.45, 7) is 12.5. The van der Waals surface area contributed by atoms with Gasteiger partial charge >= 0.3 is 6.09 Å². The third kappa shape index (κ3) is 9.17. The van der Waals surface area contributed by atoms with Gasteiger partial charge in [-0.05, 0) is 64.8 Å². The van der Waals surface area contributed by atoms with E-state index in [-0.39, 0.29) is 0 Å². The zero-order chi connectivity index (χ0) is 20.7. The first kappa shape index (κ1) is 22.6. The molecule has 152 valence electrons. The molecule has 0 aromatic heterocycles. The lowest BCUT2D eigenvalue weighted by Gasteiger charge is -2.29. The summed E-state index contributed by atoms with van der Waals surface area (Å²) in [7, 11) is 3.37. The molecule has 0 unspecified atom stereocenters. The van der Waals surface area contributed by atoms with Crippen LogP contribution < -0.4 is 20.7 Å². The molecule has 0 aliphatic rings. The Morgan fingerprint density at radius 3 is 2.33 bits per heavy atom. The van der Waals surface area contributed by atoms with Crippen LogP contribution in [-0.4, -0.2) is 43.9 Å². The predicted octanol–water partition coefficient (Wildman–Crippen LogP) is 2.97. The standard InChI is InChI=1S/C20H34N4O3/c1-14-9-15(11-16(10-14)26-8)12-22-17(21-7)23-13-20(5,6)24-18(25)27-19(2,3)4/h9-11H,12-13H2,1-8H3,(H,24,25)(H2,21,22,23). The molecule has 0 saturated carbocycles. The number of nitrogens with zero attached hydrogens (tertiary/aromatic N) is 1. The van der Waals surface area contributed by atoms with Gasteiger partial charge in [0.25, 0.3) is 0 Å². The van der Waals surface area contributed by atoms with Crippen molar-refractivity contribution in [2.75, 3.05) is 20.7 Å². The van der Waals surface area contributed by atoms with Gasteiger partial charge in [0.2, 0.25) is 0 Å². The third-order valence-electron chi connectivity index (χ3n) is 3.57. The van der Waals surface area contributed by atoms with Crippen LogP contribution in [0.4, 0.5) is 4.79 Å². The number of nitrogens with one attached hydrogen (secondary N) is 3. The fraction of sp³-hybridized carbons (Fsp3) is 0.600. The van der Waals surface area contributed by atoms with Gasteiger partial charge < -0.3 is 25.4 Å². The Morgan fingerprint density at radius 2 is 1.78 bits per heavy atom. The van der Waals surface area contributed by atoms with E-state index in [1.165, 1.54) is 0 Å². The molecular weight excluding hydrogens is 344 g/mol. The van der Waals surface area contributed by atoms with Gasteiger partial charge in [0, 0.05) is 20.1 Å². The molecule has 7 heteroatoms. The quantitative estimate of drug-likeness (QED) is 0.524. The Hall–Kier alpha value is -2.44. The van der Waals surface area contributed by atoms with E-state index in [1.54, 1.807) is 14.2 Å². The molecule has 0 fully saturated rings. The van der Waals surface area contributed by atoms with E-state index < -0.39 is 17.2 Å². The minimum Gasteiger partial charge on any atom is -0.497 e. The Balaban J connectivity index is 2.56. The summed E-state index contributed by atoms with van der Waals surface area (Å²) in [5.74, 6) is 1.48. The van der Waals surface area contributed by atoms with E-state index in [0.717, 1.165) is 16.9 Å². The number of guanidine groups is 1. The Morgan fingerprint density at radius 1 is 1.11 bits per heavy atom. The van der Waals surface area contributed by atoms with Crippen LogP contribution in [0.1, 0.15) is 45.7 Å². The van der Waals surface area contributed by atoms with Crippen molar-refractivity contribution in [1.82, 2.24) is 16.0 Å². The highest BCUT2D eigenvalue weighted by molar-refractivity contribution is 5.79. The molecule has 27 heavy (non-hydrogen) atoms. The smallest absolute Gasteiger partial charge is 0.408 e. The van der Waals surface area contributed by atoms with E-state index in [0.29, 0.717) is 19.0 Å². The number of rotatable bonds is 6. The van der Waals surface area contributed by atoms with Crippen molar-refractivity contribution in [3.05, 3.63) is 29.3 Å². The molecule has 1 aromatic rings. The number of ether oxygens (including phenoxy) is 2. The monoisotopic (exact) mass is 378 g/mol. The molecule has 1 rings (SSSR count). The van der Waals surface area contributed by atoms with Crippen LogP contribution >= 0.6 is 0 Å². The minimum absolute atomic E-state index is 0.441. The summed E-state index contributed by atoms with van der Waals surface area (Å²) in [4.78, 5) is 16.2. The molecule has 1 aromatic carbocycles. The molecule has 0 aliphatic carbocycles. The zero-order valence-corrected chi connectivity index (χ0v) is 17.8. The van der Waals surface area contributed by atoms with Crippen molar-refractivity contribution in [2.24, 2.45) is 4.99 Å². The van der Waals surface area contributed by atoms with Crippen molar-refractivity contribution in [1.29, 1.82) is 0 Å². The number of hydrogen-bond acceptors (Lipinski definition) is 4. The van der Waals surface area contributed by atoms with Crippen LogP contribution in [-0.2, 0) is 11.3 Å². The second-order valence-electron chi connectivity index (χ2n) is 8.15. The average molecular weight is 379 g/mol. The van der Waals surface area contributed by atoms with Gasteiger partial charge in [0.1, 0.15) is 11.4 Å². The van der Waals surface area contributed by atoms with E-state index in [2.05, 4.69) is 27.0 Å². The van der Waals surface area contributed by atoms with Crippen molar-refractivity contribution < 1.29 is 14.3 Å². The fourth-order valence-electron chi connectivity index (χ4n) is 2.38. The number of methoxy groups -OCH3 is 1. The molecular formula is C20H34N4O3. The maximum Gasteiger partial charge on any atom is 0.408 e. The lowest BCUT2D eigenvalue weighted by atomic mass is 10.1. The third-order valence-corrected chi connectivity index (χ3v) is 3.57. The molecule has 0 saturated heterocycles. The normalized spacial score (nSPS) is 12.4. The van der Waals surface area contributed by atoms with Crippen molar-refractivity contribution in [2.45, 2.75) is 59.2 Å². The van der Waals surface area contributed by atoms with E-state index in [9.17, 15) is 4.79 Å². The van der Waals surface area contributed by atoms with Crippen LogP contribution in [0.5, 0.6) is 5.75 Å². The van der Waals surface area contributed by atoms with E-state index in [1.807, 2.05) is 53.7 Å². The van der Waals surface area contributed by atoms with Crippen molar-refractivity contribution >= 4 is 12.1 Å². The van der Waals surface area contributed by atoms with Crippen LogP contribution in [0, 0.1) is 6.92 Å². The average Bonchev–Trinajstić information content (AvgIpc) is 2.51.